The first kappa shape index (κ1) is 29.4. The van der Waals surface area contributed by atoms with E-state index < -0.39 is 18.2 Å². The predicted molar refractivity (Wildman–Crippen MR) is 145 cm³/mol. The lowest BCUT2D eigenvalue weighted by molar-refractivity contribution is -0.192. The van der Waals surface area contributed by atoms with Crippen LogP contribution in [0.3, 0.4) is 0 Å². The Hall–Kier alpha value is -4.13. The molecule has 0 aromatic heterocycles. The number of piperazine rings is 1. The molecular weight excluding hydrogens is 555 g/mol. The smallest absolute Gasteiger partial charge is 0.475 e. The summed E-state index contributed by atoms with van der Waals surface area (Å²) in [5.74, 6) is -2.52. The van der Waals surface area contributed by atoms with Gasteiger partial charge >= 0.3 is 24.2 Å². The van der Waals surface area contributed by atoms with Crippen molar-refractivity contribution in [2.75, 3.05) is 32.7 Å². The molecule has 224 valence electrons. The summed E-state index contributed by atoms with van der Waals surface area (Å²) >= 11 is 0. The monoisotopic (exact) mass is 587 g/mol. The van der Waals surface area contributed by atoms with Gasteiger partial charge in [0, 0.05) is 43.6 Å². The molecule has 4 aliphatic rings. The SMILES string of the molecule is O=C(NC1CCNCC1c1ccccc1)N1CCN2C(=O)N([C@H]3C[C@@H]3c3ccccc3)C(=O)[C@@H]2C1.O=C(O)C(F)(F)F. The highest BCUT2D eigenvalue weighted by Crippen LogP contribution is 2.46. The number of alkyl halides is 3. The van der Waals surface area contributed by atoms with E-state index in [1.165, 1.54) is 16.0 Å². The van der Waals surface area contributed by atoms with E-state index in [9.17, 15) is 27.6 Å². The van der Waals surface area contributed by atoms with E-state index in [-0.39, 0.29) is 48.4 Å². The number of nitrogens with zero attached hydrogens (tertiary/aromatic N) is 3. The van der Waals surface area contributed by atoms with Gasteiger partial charge in [0.15, 0.2) is 0 Å². The number of carbonyl (C=O) groups is 4. The second-order valence-electron chi connectivity index (χ2n) is 10.8. The van der Waals surface area contributed by atoms with Crippen LogP contribution in [0.25, 0.3) is 0 Å². The van der Waals surface area contributed by atoms with Crippen molar-refractivity contribution >= 4 is 23.9 Å². The van der Waals surface area contributed by atoms with Gasteiger partial charge in [-0.1, -0.05) is 60.7 Å². The summed E-state index contributed by atoms with van der Waals surface area (Å²) < 4.78 is 31.7. The van der Waals surface area contributed by atoms with Crippen molar-refractivity contribution in [2.24, 2.45) is 0 Å². The van der Waals surface area contributed by atoms with E-state index in [1.807, 2.05) is 36.4 Å². The second kappa shape index (κ2) is 12.0. The van der Waals surface area contributed by atoms with Crippen LogP contribution in [0.5, 0.6) is 0 Å². The number of aliphatic carboxylic acids is 1. The first-order valence-electron chi connectivity index (χ1n) is 13.9. The molecule has 1 saturated carbocycles. The molecule has 0 spiro atoms. The summed E-state index contributed by atoms with van der Waals surface area (Å²) in [6, 6.07) is 19.3. The molecule has 3 aliphatic heterocycles. The van der Waals surface area contributed by atoms with Gasteiger partial charge in [0.25, 0.3) is 5.91 Å². The minimum absolute atomic E-state index is 0.0275. The van der Waals surface area contributed by atoms with E-state index >= 15 is 0 Å². The number of halogens is 3. The van der Waals surface area contributed by atoms with Crippen molar-refractivity contribution < 1.29 is 37.5 Å². The second-order valence-corrected chi connectivity index (χ2v) is 10.8. The lowest BCUT2D eigenvalue weighted by Crippen LogP contribution is -2.59. The van der Waals surface area contributed by atoms with Gasteiger partial charge in [-0.3, -0.25) is 9.69 Å². The van der Waals surface area contributed by atoms with Crippen molar-refractivity contribution in [3.05, 3.63) is 71.8 Å². The number of urea groups is 2. The van der Waals surface area contributed by atoms with Gasteiger partial charge in [-0.05, 0) is 30.5 Å². The highest BCUT2D eigenvalue weighted by molar-refractivity contribution is 6.05. The summed E-state index contributed by atoms with van der Waals surface area (Å²) in [4.78, 5) is 53.4. The Morgan fingerprint density at radius 1 is 0.929 bits per heavy atom. The minimum atomic E-state index is -5.08. The van der Waals surface area contributed by atoms with E-state index in [2.05, 4.69) is 34.9 Å². The number of hydrogen-bond acceptors (Lipinski definition) is 5. The Morgan fingerprint density at radius 2 is 1.52 bits per heavy atom. The standard InChI is InChI=1S/C27H31N5O3.C2HF3O2/c33-25-24-17-30(26(34)29-22-11-12-28-16-21(22)19-9-5-2-6-10-19)13-14-31(24)27(35)32(25)23-15-20(23)18-7-3-1-4-8-18;3-2(4,5)1(6)7/h1-10,20-24,28H,11-17H2,(H,29,34);(H,6,7)/t20-,21?,22?,23+,24+;/m1./s1. The van der Waals surface area contributed by atoms with Gasteiger partial charge in [0.2, 0.25) is 0 Å². The maximum absolute atomic E-state index is 13.3. The van der Waals surface area contributed by atoms with Crippen molar-refractivity contribution in [3.8, 4) is 0 Å². The van der Waals surface area contributed by atoms with Crippen LogP contribution >= 0.6 is 0 Å². The molecule has 5 amide bonds. The third kappa shape index (κ3) is 6.20. The van der Waals surface area contributed by atoms with E-state index in [4.69, 9.17) is 9.90 Å². The molecule has 5 atom stereocenters. The lowest BCUT2D eigenvalue weighted by atomic mass is 9.87. The Balaban J connectivity index is 0.000000451. The van der Waals surface area contributed by atoms with E-state index in [0.717, 1.165) is 25.9 Å². The summed E-state index contributed by atoms with van der Waals surface area (Å²) in [6.45, 7) is 2.74. The number of piperidine rings is 1. The number of carboxylic acids is 1. The molecule has 1 aliphatic carbocycles. The molecule has 2 aromatic rings. The van der Waals surface area contributed by atoms with Crippen LogP contribution in [0, 0.1) is 0 Å². The zero-order valence-electron chi connectivity index (χ0n) is 22.7. The number of nitrogens with one attached hydrogen (secondary N) is 2. The fraction of sp³-hybridized carbons (Fsp3) is 0.448. The zero-order valence-corrected chi connectivity index (χ0v) is 22.7. The first-order chi connectivity index (χ1) is 20.1. The normalized spacial score (nSPS) is 27.1. The number of hydrogen-bond donors (Lipinski definition) is 3. The minimum Gasteiger partial charge on any atom is -0.475 e. The van der Waals surface area contributed by atoms with Crippen LogP contribution < -0.4 is 10.6 Å². The Labute approximate surface area is 240 Å². The Morgan fingerprint density at radius 3 is 2.12 bits per heavy atom. The molecule has 13 heteroatoms. The van der Waals surface area contributed by atoms with Crippen molar-refractivity contribution in [2.45, 2.75) is 49.0 Å². The number of rotatable bonds is 4. The summed E-state index contributed by atoms with van der Waals surface area (Å²) in [6.07, 6.45) is -3.43. The Bertz CT molecular complexity index is 1310. The van der Waals surface area contributed by atoms with Crippen LogP contribution in [0.4, 0.5) is 22.8 Å². The molecule has 3 saturated heterocycles. The molecule has 0 radical (unpaired) electrons. The van der Waals surface area contributed by atoms with Crippen molar-refractivity contribution in [3.63, 3.8) is 0 Å². The van der Waals surface area contributed by atoms with Crippen LogP contribution in [0.15, 0.2) is 60.7 Å². The largest absolute Gasteiger partial charge is 0.490 e. The highest BCUT2D eigenvalue weighted by Gasteiger charge is 2.56. The molecule has 3 heterocycles. The number of fused-ring (bicyclic) bond motifs is 1. The number of benzene rings is 2. The fourth-order valence-corrected chi connectivity index (χ4v) is 5.96. The summed E-state index contributed by atoms with van der Waals surface area (Å²) in [7, 11) is 0. The van der Waals surface area contributed by atoms with Gasteiger partial charge in [0.05, 0.1) is 6.54 Å². The highest BCUT2D eigenvalue weighted by atomic mass is 19.4. The summed E-state index contributed by atoms with van der Waals surface area (Å²) in [5, 5.41) is 13.8. The van der Waals surface area contributed by atoms with Gasteiger partial charge < -0.3 is 25.5 Å². The van der Waals surface area contributed by atoms with Crippen molar-refractivity contribution in [1.29, 1.82) is 0 Å². The average Bonchev–Trinajstić information content (AvgIpc) is 3.73. The average molecular weight is 588 g/mol. The molecule has 0 bridgehead atoms. The number of carbonyl (C=O) groups excluding carboxylic acids is 3. The molecule has 42 heavy (non-hydrogen) atoms. The van der Waals surface area contributed by atoms with Gasteiger partial charge in [0.1, 0.15) is 6.04 Å². The third-order valence-corrected chi connectivity index (χ3v) is 8.22. The van der Waals surface area contributed by atoms with Crippen molar-refractivity contribution in [1.82, 2.24) is 25.3 Å². The van der Waals surface area contributed by atoms with Crippen LogP contribution in [-0.2, 0) is 9.59 Å². The molecule has 10 nitrogen and oxygen atoms in total. The van der Waals surface area contributed by atoms with E-state index in [1.54, 1.807) is 9.80 Å². The van der Waals surface area contributed by atoms with Gasteiger partial charge in [-0.25, -0.2) is 14.4 Å². The van der Waals surface area contributed by atoms with Crippen LogP contribution in [0.2, 0.25) is 0 Å². The van der Waals surface area contributed by atoms with Crippen LogP contribution in [0.1, 0.15) is 35.8 Å². The molecule has 4 fully saturated rings. The predicted octanol–water partition coefficient (Wildman–Crippen LogP) is 2.98. The third-order valence-electron chi connectivity index (χ3n) is 8.22. The maximum atomic E-state index is 13.3. The maximum Gasteiger partial charge on any atom is 0.490 e. The molecule has 6 rings (SSSR count). The fourth-order valence-electron chi connectivity index (χ4n) is 5.96. The topological polar surface area (TPSA) is 122 Å². The summed E-state index contributed by atoms with van der Waals surface area (Å²) in [5.41, 5.74) is 2.37. The number of carboxylic acid groups (broad SMARTS) is 1. The molecule has 3 N–H and O–H groups in total. The zero-order chi connectivity index (χ0) is 30.0. The quantitative estimate of drug-likeness (QED) is 0.473. The van der Waals surface area contributed by atoms with Gasteiger partial charge in [-0.15, -0.1) is 0 Å². The molecular formula is C29H32F3N5O5. The lowest BCUT2D eigenvalue weighted by Gasteiger charge is -2.38. The Kier molecular flexibility index (Phi) is 8.39. The van der Waals surface area contributed by atoms with E-state index in [0.29, 0.717) is 13.1 Å². The molecule has 2 aromatic carbocycles. The van der Waals surface area contributed by atoms with Crippen LogP contribution in [-0.4, -0.2) is 101 Å². The first-order valence-corrected chi connectivity index (χ1v) is 13.9. The molecule has 2 unspecified atom stereocenters. The number of amides is 5. The van der Waals surface area contributed by atoms with Gasteiger partial charge in [-0.2, -0.15) is 13.2 Å². The number of imide groups is 1.